The highest BCUT2D eigenvalue weighted by Crippen LogP contribution is 2.34. The van der Waals surface area contributed by atoms with Crippen LogP contribution in [0.15, 0.2) is 59.0 Å². The van der Waals surface area contributed by atoms with Gasteiger partial charge in [0.05, 0.1) is 6.61 Å². The molecule has 0 radical (unpaired) electrons. The smallest absolute Gasteiger partial charge is 0.306 e. The van der Waals surface area contributed by atoms with Crippen molar-refractivity contribution in [3.8, 4) is 11.3 Å². The Kier molecular flexibility index (Phi) is 4.24. The highest BCUT2D eigenvalue weighted by molar-refractivity contribution is 5.88. The van der Waals surface area contributed by atoms with Gasteiger partial charge >= 0.3 is 5.97 Å². The summed E-state index contributed by atoms with van der Waals surface area (Å²) in [7, 11) is 0. The lowest BCUT2D eigenvalue weighted by atomic mass is 10.0. The SMILES string of the molecule is CCOC(=O)CCc1c(-c2ccccc2)oc2ccccc12. The van der Waals surface area contributed by atoms with Gasteiger partial charge in [0.25, 0.3) is 0 Å². The molecule has 2 aromatic carbocycles. The van der Waals surface area contributed by atoms with Crippen LogP contribution in [0.4, 0.5) is 0 Å². The van der Waals surface area contributed by atoms with Crippen LogP contribution >= 0.6 is 0 Å². The van der Waals surface area contributed by atoms with Gasteiger partial charge in [0, 0.05) is 22.9 Å². The molecule has 0 saturated carbocycles. The average Bonchev–Trinajstić information content (AvgIpc) is 2.93. The number of hydrogen-bond donors (Lipinski definition) is 0. The van der Waals surface area contributed by atoms with Crippen molar-refractivity contribution in [2.45, 2.75) is 19.8 Å². The van der Waals surface area contributed by atoms with Crippen molar-refractivity contribution in [1.82, 2.24) is 0 Å². The number of para-hydroxylation sites is 1. The van der Waals surface area contributed by atoms with Crippen LogP contribution in [0.1, 0.15) is 18.9 Å². The van der Waals surface area contributed by atoms with Crippen molar-refractivity contribution in [2.24, 2.45) is 0 Å². The molecular weight excluding hydrogens is 276 g/mol. The van der Waals surface area contributed by atoms with Gasteiger partial charge in [-0.3, -0.25) is 4.79 Å². The summed E-state index contributed by atoms with van der Waals surface area (Å²) in [5, 5.41) is 1.06. The first kappa shape index (κ1) is 14.4. The van der Waals surface area contributed by atoms with Gasteiger partial charge in [0.15, 0.2) is 0 Å². The molecule has 3 nitrogen and oxygen atoms in total. The molecule has 3 heteroatoms. The Morgan fingerprint density at radius 2 is 1.77 bits per heavy atom. The third kappa shape index (κ3) is 2.89. The zero-order valence-corrected chi connectivity index (χ0v) is 12.5. The van der Waals surface area contributed by atoms with Gasteiger partial charge in [-0.05, 0) is 19.4 Å². The van der Waals surface area contributed by atoms with E-state index in [0.717, 1.165) is 27.9 Å². The van der Waals surface area contributed by atoms with Crippen LogP contribution < -0.4 is 0 Å². The first-order valence-electron chi connectivity index (χ1n) is 7.51. The molecule has 112 valence electrons. The van der Waals surface area contributed by atoms with Gasteiger partial charge in [0.2, 0.25) is 0 Å². The Morgan fingerprint density at radius 1 is 1.05 bits per heavy atom. The van der Waals surface area contributed by atoms with Gasteiger partial charge < -0.3 is 9.15 Å². The number of hydrogen-bond acceptors (Lipinski definition) is 3. The van der Waals surface area contributed by atoms with E-state index in [1.54, 1.807) is 0 Å². The monoisotopic (exact) mass is 294 g/mol. The zero-order valence-electron chi connectivity index (χ0n) is 12.5. The second-order valence-corrected chi connectivity index (χ2v) is 5.08. The van der Waals surface area contributed by atoms with Gasteiger partial charge in [-0.1, -0.05) is 48.5 Å². The molecule has 0 saturated heterocycles. The van der Waals surface area contributed by atoms with E-state index in [1.165, 1.54) is 0 Å². The number of benzene rings is 2. The van der Waals surface area contributed by atoms with E-state index >= 15 is 0 Å². The Morgan fingerprint density at radius 3 is 2.55 bits per heavy atom. The Hall–Kier alpha value is -2.55. The van der Waals surface area contributed by atoms with Crippen molar-refractivity contribution in [3.63, 3.8) is 0 Å². The van der Waals surface area contributed by atoms with Crippen LogP contribution in [-0.4, -0.2) is 12.6 Å². The summed E-state index contributed by atoms with van der Waals surface area (Å²) in [6.45, 7) is 2.23. The fourth-order valence-electron chi connectivity index (χ4n) is 2.63. The second kappa shape index (κ2) is 6.48. The lowest BCUT2D eigenvalue weighted by molar-refractivity contribution is -0.143. The third-order valence-electron chi connectivity index (χ3n) is 3.62. The van der Waals surface area contributed by atoms with Crippen LogP contribution in [0.25, 0.3) is 22.3 Å². The minimum absolute atomic E-state index is 0.174. The first-order valence-corrected chi connectivity index (χ1v) is 7.51. The minimum Gasteiger partial charge on any atom is -0.466 e. The molecule has 0 atom stereocenters. The molecule has 0 bridgehead atoms. The summed E-state index contributed by atoms with van der Waals surface area (Å²) in [5.41, 5.74) is 2.94. The number of ether oxygens (including phenoxy) is 1. The fraction of sp³-hybridized carbons (Fsp3) is 0.211. The van der Waals surface area contributed by atoms with Crippen molar-refractivity contribution in [1.29, 1.82) is 0 Å². The summed E-state index contributed by atoms with van der Waals surface area (Å²) in [6, 6.07) is 17.9. The molecule has 1 aromatic heterocycles. The number of esters is 1. The van der Waals surface area contributed by atoms with Crippen LogP contribution in [0.5, 0.6) is 0 Å². The summed E-state index contributed by atoms with van der Waals surface area (Å²) in [6.07, 6.45) is 0.970. The predicted octanol–water partition coefficient (Wildman–Crippen LogP) is 4.60. The minimum atomic E-state index is -0.174. The van der Waals surface area contributed by atoms with Crippen LogP contribution in [0.2, 0.25) is 0 Å². The Labute approximate surface area is 129 Å². The second-order valence-electron chi connectivity index (χ2n) is 5.08. The van der Waals surface area contributed by atoms with Crippen molar-refractivity contribution in [3.05, 3.63) is 60.2 Å². The number of furan rings is 1. The first-order chi connectivity index (χ1) is 10.8. The van der Waals surface area contributed by atoms with Gasteiger partial charge in [0.1, 0.15) is 11.3 Å². The van der Waals surface area contributed by atoms with Gasteiger partial charge in [-0.15, -0.1) is 0 Å². The molecule has 0 amide bonds. The Bertz CT molecular complexity index is 772. The van der Waals surface area contributed by atoms with Crippen LogP contribution in [0.3, 0.4) is 0 Å². The summed E-state index contributed by atoms with van der Waals surface area (Å²) < 4.78 is 11.1. The summed E-state index contributed by atoms with van der Waals surface area (Å²) >= 11 is 0. The Balaban J connectivity index is 2.00. The summed E-state index contributed by atoms with van der Waals surface area (Å²) in [4.78, 5) is 11.7. The lowest BCUT2D eigenvalue weighted by Gasteiger charge is -2.04. The molecule has 0 unspecified atom stereocenters. The zero-order chi connectivity index (χ0) is 15.4. The van der Waals surface area contributed by atoms with E-state index < -0.39 is 0 Å². The van der Waals surface area contributed by atoms with E-state index in [-0.39, 0.29) is 5.97 Å². The molecule has 3 aromatic rings. The van der Waals surface area contributed by atoms with Gasteiger partial charge in [-0.25, -0.2) is 0 Å². The van der Waals surface area contributed by atoms with Crippen molar-refractivity contribution >= 4 is 16.9 Å². The standard InChI is InChI=1S/C19H18O3/c1-2-21-18(20)13-12-16-15-10-6-7-11-17(15)22-19(16)14-8-4-3-5-9-14/h3-11H,2,12-13H2,1H3. The van der Waals surface area contributed by atoms with Gasteiger partial charge in [-0.2, -0.15) is 0 Å². The molecule has 0 aliphatic rings. The summed E-state index contributed by atoms with van der Waals surface area (Å²) in [5.74, 6) is 0.665. The van der Waals surface area contributed by atoms with E-state index in [1.807, 2.05) is 61.5 Å². The van der Waals surface area contributed by atoms with Crippen molar-refractivity contribution < 1.29 is 13.9 Å². The maximum Gasteiger partial charge on any atom is 0.306 e. The maximum absolute atomic E-state index is 11.7. The normalized spacial score (nSPS) is 10.8. The number of aryl methyl sites for hydroxylation is 1. The van der Waals surface area contributed by atoms with Crippen molar-refractivity contribution in [2.75, 3.05) is 6.61 Å². The fourth-order valence-corrected chi connectivity index (χ4v) is 2.63. The number of carbonyl (C=O) groups is 1. The van der Waals surface area contributed by atoms with E-state index in [4.69, 9.17) is 9.15 Å². The third-order valence-corrected chi connectivity index (χ3v) is 3.62. The molecule has 0 spiro atoms. The molecule has 0 aliphatic heterocycles. The largest absolute Gasteiger partial charge is 0.466 e. The number of rotatable bonds is 5. The van der Waals surface area contributed by atoms with E-state index in [0.29, 0.717) is 19.4 Å². The molecule has 0 N–H and O–H groups in total. The topological polar surface area (TPSA) is 39.4 Å². The molecular formula is C19H18O3. The van der Waals surface area contributed by atoms with E-state index in [2.05, 4.69) is 0 Å². The molecule has 0 fully saturated rings. The predicted molar refractivity (Wildman–Crippen MR) is 86.6 cm³/mol. The molecule has 22 heavy (non-hydrogen) atoms. The highest BCUT2D eigenvalue weighted by atomic mass is 16.5. The van der Waals surface area contributed by atoms with Crippen LogP contribution in [-0.2, 0) is 16.0 Å². The molecule has 1 heterocycles. The number of fused-ring (bicyclic) bond motifs is 1. The van der Waals surface area contributed by atoms with E-state index in [9.17, 15) is 4.79 Å². The van der Waals surface area contributed by atoms with Crippen LogP contribution in [0, 0.1) is 0 Å². The molecule has 3 rings (SSSR count). The average molecular weight is 294 g/mol. The quantitative estimate of drug-likeness (QED) is 0.646. The number of carbonyl (C=O) groups excluding carboxylic acids is 1. The highest BCUT2D eigenvalue weighted by Gasteiger charge is 2.16. The maximum atomic E-state index is 11.7. The molecule has 0 aliphatic carbocycles. The lowest BCUT2D eigenvalue weighted by Crippen LogP contribution is -2.05.